The number of alkyl halides is 3. The Bertz CT molecular complexity index is 586. The summed E-state index contributed by atoms with van der Waals surface area (Å²) in [5, 5.41) is 11.9. The molecule has 0 atom stereocenters. The zero-order chi connectivity index (χ0) is 13.3. The summed E-state index contributed by atoms with van der Waals surface area (Å²) in [6, 6.07) is 7.43. The molecule has 0 radical (unpaired) electrons. The van der Waals surface area contributed by atoms with Crippen molar-refractivity contribution in [2.75, 3.05) is 0 Å². The largest absolute Gasteiger partial charge is 1.00 e. The molecule has 2 rings (SSSR count). The molecule has 0 aliphatic heterocycles. The maximum Gasteiger partial charge on any atom is 1.00 e. The van der Waals surface area contributed by atoms with Crippen LogP contribution in [0.3, 0.4) is 0 Å². The van der Waals surface area contributed by atoms with Crippen molar-refractivity contribution in [1.29, 1.82) is 0 Å². The molecule has 0 saturated heterocycles. The summed E-state index contributed by atoms with van der Waals surface area (Å²) in [6.45, 7) is 0. The van der Waals surface area contributed by atoms with Gasteiger partial charge < -0.3 is 11.1 Å². The van der Waals surface area contributed by atoms with Gasteiger partial charge in [0.25, 0.3) is 5.76 Å². The first-order valence-electron chi connectivity index (χ1n) is 4.77. The summed E-state index contributed by atoms with van der Waals surface area (Å²) in [4.78, 5) is 10.7. The molecule has 1 N–H and O–H groups in total. The second kappa shape index (κ2) is 5.51. The SMILES string of the molecule is O=C(O)c1onc(-c2ccccc2)c1C(F)(F)F.[H-].[Li+]. The third-order valence-electron chi connectivity index (χ3n) is 2.22. The molecule has 4 nitrogen and oxygen atoms in total. The van der Waals surface area contributed by atoms with E-state index in [0.717, 1.165) is 0 Å². The molecule has 96 valence electrons. The van der Waals surface area contributed by atoms with E-state index in [1.54, 1.807) is 6.07 Å². The average molecular weight is 265 g/mol. The number of carboxylic acid groups (broad SMARTS) is 1. The van der Waals surface area contributed by atoms with Crippen molar-refractivity contribution in [3.63, 3.8) is 0 Å². The first-order chi connectivity index (χ1) is 8.41. The molecule has 0 fully saturated rings. The molecule has 0 amide bonds. The molecule has 8 heteroatoms. The molecule has 1 aromatic heterocycles. The van der Waals surface area contributed by atoms with E-state index in [0.29, 0.717) is 0 Å². The van der Waals surface area contributed by atoms with Crippen LogP contribution in [-0.4, -0.2) is 16.2 Å². The minimum absolute atomic E-state index is 0. The van der Waals surface area contributed by atoms with Crippen LogP contribution in [0.1, 0.15) is 17.5 Å². The monoisotopic (exact) mass is 265 g/mol. The molecular formula is C11H7F3LiNO3. The molecule has 0 aliphatic carbocycles. The maximum atomic E-state index is 12.8. The third-order valence-corrected chi connectivity index (χ3v) is 2.22. The van der Waals surface area contributed by atoms with Crippen molar-refractivity contribution >= 4 is 5.97 Å². The van der Waals surface area contributed by atoms with Gasteiger partial charge in [0.2, 0.25) is 0 Å². The zero-order valence-electron chi connectivity index (χ0n) is 10.7. The van der Waals surface area contributed by atoms with Crippen LogP contribution < -0.4 is 18.9 Å². The Morgan fingerprint density at radius 1 is 1.26 bits per heavy atom. The average Bonchev–Trinajstić information content (AvgIpc) is 2.74. The van der Waals surface area contributed by atoms with Gasteiger partial charge in [0.05, 0.1) is 0 Å². The van der Waals surface area contributed by atoms with Gasteiger partial charge in [-0.2, -0.15) is 13.2 Å². The third kappa shape index (κ3) is 3.00. The van der Waals surface area contributed by atoms with Crippen LogP contribution in [-0.2, 0) is 6.18 Å². The Balaban J connectivity index is 0.00000180. The number of rotatable bonds is 2. The van der Waals surface area contributed by atoms with E-state index in [2.05, 4.69) is 9.68 Å². The van der Waals surface area contributed by atoms with Crippen LogP contribution in [0.5, 0.6) is 0 Å². The number of halogens is 3. The van der Waals surface area contributed by atoms with Crippen LogP contribution in [0.25, 0.3) is 11.3 Å². The van der Waals surface area contributed by atoms with E-state index in [4.69, 9.17) is 5.11 Å². The van der Waals surface area contributed by atoms with E-state index in [1.807, 2.05) is 0 Å². The number of hydrogen-bond donors (Lipinski definition) is 1. The van der Waals surface area contributed by atoms with E-state index in [-0.39, 0.29) is 25.9 Å². The Hall–Kier alpha value is -1.71. The summed E-state index contributed by atoms with van der Waals surface area (Å²) in [5.74, 6) is -3.02. The molecule has 0 aliphatic rings. The van der Waals surface area contributed by atoms with Crippen LogP contribution >= 0.6 is 0 Å². The zero-order valence-corrected chi connectivity index (χ0v) is 9.73. The van der Waals surface area contributed by atoms with E-state index in [1.165, 1.54) is 24.3 Å². The van der Waals surface area contributed by atoms with Crippen molar-refractivity contribution in [2.24, 2.45) is 0 Å². The maximum absolute atomic E-state index is 12.8. The van der Waals surface area contributed by atoms with E-state index < -0.39 is 29.2 Å². The normalized spacial score (nSPS) is 10.9. The Labute approximate surface area is 118 Å². The fraction of sp³-hybridized carbons (Fsp3) is 0.0909. The summed E-state index contributed by atoms with van der Waals surface area (Å²) in [5.41, 5.74) is -1.76. The van der Waals surface area contributed by atoms with Gasteiger partial charge in [-0.25, -0.2) is 4.79 Å². The molecule has 0 bridgehead atoms. The second-order valence-electron chi connectivity index (χ2n) is 3.40. The topological polar surface area (TPSA) is 63.3 Å². The molecule has 1 aromatic carbocycles. The number of aromatic carboxylic acids is 1. The Morgan fingerprint density at radius 2 is 1.84 bits per heavy atom. The molecule has 0 spiro atoms. The fourth-order valence-corrected chi connectivity index (χ4v) is 1.49. The number of aromatic nitrogens is 1. The molecule has 1 heterocycles. The van der Waals surface area contributed by atoms with Crippen LogP contribution in [0.15, 0.2) is 34.9 Å². The summed E-state index contributed by atoms with van der Waals surface area (Å²) >= 11 is 0. The Morgan fingerprint density at radius 3 is 2.32 bits per heavy atom. The number of carbonyl (C=O) groups is 1. The predicted molar refractivity (Wildman–Crippen MR) is 55.0 cm³/mol. The summed E-state index contributed by atoms with van der Waals surface area (Å²) < 4.78 is 42.7. The van der Waals surface area contributed by atoms with Gasteiger partial charge in [0.1, 0.15) is 11.3 Å². The quantitative estimate of drug-likeness (QED) is 0.786. The number of nitrogens with zero attached hydrogens (tertiary/aromatic N) is 1. The van der Waals surface area contributed by atoms with Crippen molar-refractivity contribution in [2.45, 2.75) is 6.18 Å². The van der Waals surface area contributed by atoms with Gasteiger partial charge in [-0.1, -0.05) is 35.5 Å². The predicted octanol–water partition coefficient (Wildman–Crippen LogP) is 0.175. The van der Waals surface area contributed by atoms with Crippen molar-refractivity contribution < 1.29 is 47.9 Å². The second-order valence-corrected chi connectivity index (χ2v) is 3.40. The van der Waals surface area contributed by atoms with E-state index in [9.17, 15) is 18.0 Å². The first-order valence-corrected chi connectivity index (χ1v) is 4.77. The molecular weight excluding hydrogens is 258 g/mol. The number of carboxylic acids is 1. The van der Waals surface area contributed by atoms with Crippen LogP contribution in [0.4, 0.5) is 13.2 Å². The molecule has 0 unspecified atom stereocenters. The minimum Gasteiger partial charge on any atom is -1.00 e. The van der Waals surface area contributed by atoms with Crippen molar-refractivity contribution in [3.8, 4) is 11.3 Å². The minimum atomic E-state index is -4.85. The van der Waals surface area contributed by atoms with Gasteiger partial charge in [-0.15, -0.1) is 0 Å². The smallest absolute Gasteiger partial charge is 1.00 e. The van der Waals surface area contributed by atoms with Crippen LogP contribution in [0.2, 0.25) is 0 Å². The first kappa shape index (κ1) is 15.3. The summed E-state index contributed by atoms with van der Waals surface area (Å²) in [7, 11) is 0. The standard InChI is InChI=1S/C11H6F3NO3.Li.H/c12-11(13,14)7-8(6-4-2-1-3-5-6)15-18-9(7)10(16)17;;/h1-5H,(H,16,17);;/q;+1;-1. The molecule has 0 saturated carbocycles. The van der Waals surface area contributed by atoms with Gasteiger partial charge >= 0.3 is 31.0 Å². The van der Waals surface area contributed by atoms with Gasteiger partial charge in [-0.05, 0) is 0 Å². The van der Waals surface area contributed by atoms with Crippen LogP contribution in [0, 0.1) is 0 Å². The van der Waals surface area contributed by atoms with Crippen molar-refractivity contribution in [1.82, 2.24) is 5.16 Å². The number of hydrogen-bond acceptors (Lipinski definition) is 3. The number of benzene rings is 1. The molecule has 19 heavy (non-hydrogen) atoms. The summed E-state index contributed by atoms with van der Waals surface area (Å²) in [6.07, 6.45) is -4.85. The van der Waals surface area contributed by atoms with Gasteiger partial charge in [0.15, 0.2) is 0 Å². The fourth-order valence-electron chi connectivity index (χ4n) is 1.49. The van der Waals surface area contributed by atoms with Gasteiger partial charge in [0, 0.05) is 5.56 Å². The van der Waals surface area contributed by atoms with E-state index >= 15 is 0 Å². The van der Waals surface area contributed by atoms with Gasteiger partial charge in [-0.3, -0.25) is 0 Å². The van der Waals surface area contributed by atoms with Crippen molar-refractivity contribution in [3.05, 3.63) is 41.7 Å². The Kier molecular flexibility index (Phi) is 4.45. The molecule has 2 aromatic rings.